The van der Waals surface area contributed by atoms with Crippen LogP contribution in [0.4, 0.5) is 0 Å². The topological polar surface area (TPSA) is 69.2 Å². The van der Waals surface area contributed by atoms with Gasteiger partial charge in [0.1, 0.15) is 0 Å². The fraction of sp³-hybridized carbons (Fsp3) is 0. The average Bonchev–Trinajstić information content (AvgIpc) is 0.811. The van der Waals surface area contributed by atoms with Crippen LogP contribution in [0.2, 0.25) is 0 Å². The van der Waals surface area contributed by atoms with Crippen LogP contribution in [-0.2, 0) is 19.5 Å². The number of hydrogen-bond donors (Lipinski definition) is 0. The van der Waals surface area contributed by atoms with Gasteiger partial charge in [0.2, 0.25) is 0 Å². The molecule has 0 fully saturated rings. The summed E-state index contributed by atoms with van der Waals surface area (Å²) in [4.78, 5) is 0. The summed E-state index contributed by atoms with van der Waals surface area (Å²) >= 11 is 0. The van der Waals surface area contributed by atoms with Crippen LogP contribution < -0.4 is 96.0 Å². The molecule has 24 valence electrons. The van der Waals surface area contributed by atoms with Crippen molar-refractivity contribution in [2.75, 3.05) is 0 Å². The summed E-state index contributed by atoms with van der Waals surface area (Å²) in [6.07, 6.45) is 0. The first-order chi connectivity index (χ1) is 1.73. The van der Waals surface area contributed by atoms with Crippen molar-refractivity contribution < 1.29 is 115 Å². The van der Waals surface area contributed by atoms with E-state index < -0.39 is 7.32 Å². The Morgan fingerprint density at radius 1 is 1.00 bits per heavy atom. The largest absolute Gasteiger partial charge is 2.00 e. The molecule has 0 radical (unpaired) electrons. The van der Waals surface area contributed by atoms with E-state index in [1.807, 2.05) is 0 Å². The Bertz CT molecular complexity index is 19.7. The van der Waals surface area contributed by atoms with Gasteiger partial charge in [0, 0.05) is 0 Å². The molecule has 0 N–H and O–H groups in total. The van der Waals surface area contributed by atoms with E-state index in [2.05, 4.69) is 0 Å². The van der Waals surface area contributed by atoms with Gasteiger partial charge in [-0.15, -0.1) is 0 Å². The summed E-state index contributed by atoms with van der Waals surface area (Å²) in [5.74, 6) is 0. The van der Waals surface area contributed by atoms with Crippen LogP contribution in [0.3, 0.4) is 0 Å². The first kappa shape index (κ1) is 22.5. The monoisotopic (exact) mass is 185 g/mol. The molecule has 0 atom stereocenters. The molecule has 0 aromatic heterocycles. The molecule has 0 aliphatic heterocycles. The van der Waals surface area contributed by atoms with Crippen molar-refractivity contribution in [3.05, 3.63) is 0 Å². The average molecular weight is 186 g/mol. The van der Waals surface area contributed by atoms with Gasteiger partial charge in [-0.1, -0.05) is 0 Å². The van der Waals surface area contributed by atoms with E-state index in [4.69, 9.17) is 15.1 Å². The first-order valence-electron chi connectivity index (χ1n) is 0.707. The van der Waals surface area contributed by atoms with Gasteiger partial charge in [0.05, 0.1) is 0 Å². The van der Waals surface area contributed by atoms with Gasteiger partial charge in [-0.25, -0.2) is 0 Å². The Morgan fingerprint density at radius 3 is 1.00 bits per heavy atom. The normalized spacial score (nSPS) is 3.86. The second-order valence-corrected chi connectivity index (χ2v) is 0.289. The number of rotatable bonds is 0. The van der Waals surface area contributed by atoms with Gasteiger partial charge < -0.3 is 15.1 Å². The van der Waals surface area contributed by atoms with Crippen molar-refractivity contribution in [2.45, 2.75) is 0 Å². The van der Waals surface area contributed by atoms with E-state index in [0.29, 0.717) is 0 Å². The molecule has 0 bridgehead atoms. The van der Waals surface area contributed by atoms with Gasteiger partial charge in [-0.05, 0) is 0 Å². The Kier molecular flexibility index (Phi) is 51.6. The molecule has 0 saturated heterocycles. The minimum Gasteiger partial charge on any atom is -0.907 e. The van der Waals surface area contributed by atoms with Gasteiger partial charge in [-0.3, -0.25) is 7.32 Å². The van der Waals surface area contributed by atoms with Crippen LogP contribution >= 0.6 is 0 Å². The molecule has 0 unspecified atom stereocenters. The molecule has 0 saturated carbocycles. The minimum atomic E-state index is -2.92. The molecule has 7 heteroatoms. The minimum absolute atomic E-state index is 0. The van der Waals surface area contributed by atoms with Crippen molar-refractivity contribution in [3.63, 3.8) is 0 Å². The van der Waals surface area contributed by atoms with Crippen molar-refractivity contribution in [1.29, 1.82) is 0 Å². The summed E-state index contributed by atoms with van der Waals surface area (Å²) in [5, 5.41) is 25.2. The van der Waals surface area contributed by atoms with Gasteiger partial charge in [0.15, 0.2) is 0 Å². The van der Waals surface area contributed by atoms with E-state index in [-0.39, 0.29) is 100 Å². The van der Waals surface area contributed by atoms with Gasteiger partial charge in [0.25, 0.3) is 0 Å². The molecular weight excluding hydrogens is 186 g/mol. The maximum atomic E-state index is 8.42. The Morgan fingerprint density at radius 2 is 1.00 bits per heavy atom. The van der Waals surface area contributed by atoms with Crippen LogP contribution in [-0.4, -0.2) is 7.32 Å². The fourth-order valence-corrected chi connectivity index (χ4v) is 0. The zero-order valence-electron chi connectivity index (χ0n) is 4.51. The third-order valence-corrected chi connectivity index (χ3v) is 0. The Balaban J connectivity index is -0.0000000150. The molecule has 3 nitrogen and oxygen atoms in total. The molecule has 0 amide bonds. The summed E-state index contributed by atoms with van der Waals surface area (Å²) in [6, 6.07) is 0. The molecule has 0 aliphatic rings. The molecular formula is BKNaO3Zn+. The zero-order valence-corrected chi connectivity index (χ0v) is 12.6. The van der Waals surface area contributed by atoms with Crippen LogP contribution in [0.5, 0.6) is 0 Å². The summed E-state index contributed by atoms with van der Waals surface area (Å²) in [7, 11) is -2.92. The van der Waals surface area contributed by atoms with E-state index in [1.165, 1.54) is 0 Å². The predicted octanol–water partition coefficient (Wildman–Crippen LogP) is -9.94. The van der Waals surface area contributed by atoms with Crippen molar-refractivity contribution in [2.24, 2.45) is 0 Å². The molecule has 0 aliphatic carbocycles. The molecule has 0 heterocycles. The first-order valence-corrected chi connectivity index (χ1v) is 0.707. The third-order valence-electron chi connectivity index (χ3n) is 0. The summed E-state index contributed by atoms with van der Waals surface area (Å²) < 4.78 is 0. The smallest absolute Gasteiger partial charge is 0.907 e. The summed E-state index contributed by atoms with van der Waals surface area (Å²) in [6.45, 7) is 0. The van der Waals surface area contributed by atoms with E-state index in [0.717, 1.165) is 0 Å². The number of hydrogen-bond acceptors (Lipinski definition) is 3. The van der Waals surface area contributed by atoms with Crippen LogP contribution in [0.25, 0.3) is 0 Å². The van der Waals surface area contributed by atoms with Crippen LogP contribution in [0.1, 0.15) is 0 Å². The van der Waals surface area contributed by atoms with Crippen molar-refractivity contribution in [3.8, 4) is 0 Å². The molecule has 0 aromatic carbocycles. The van der Waals surface area contributed by atoms with Crippen molar-refractivity contribution >= 4 is 7.32 Å². The molecule has 0 rings (SSSR count). The van der Waals surface area contributed by atoms with Gasteiger partial charge >= 0.3 is 100 Å². The third kappa shape index (κ3) is 46.5. The maximum Gasteiger partial charge on any atom is 2.00 e. The summed E-state index contributed by atoms with van der Waals surface area (Å²) in [5.41, 5.74) is 0. The molecule has 7 heavy (non-hydrogen) atoms. The van der Waals surface area contributed by atoms with Crippen molar-refractivity contribution in [1.82, 2.24) is 0 Å². The molecule has 0 spiro atoms. The second kappa shape index (κ2) is 16.1. The Labute approximate surface area is 120 Å². The quantitative estimate of drug-likeness (QED) is 0.353. The predicted molar refractivity (Wildman–Crippen MR) is 5.75 cm³/mol. The SMILES string of the molecule is [K+].[Na+].[O-]B([O-])[O-].[Zn+2]. The fourth-order valence-electron chi connectivity index (χ4n) is 0. The van der Waals surface area contributed by atoms with Crippen LogP contribution in [0.15, 0.2) is 0 Å². The van der Waals surface area contributed by atoms with Crippen LogP contribution in [0, 0.1) is 0 Å². The second-order valence-electron chi connectivity index (χ2n) is 0.289. The van der Waals surface area contributed by atoms with E-state index >= 15 is 0 Å². The van der Waals surface area contributed by atoms with Gasteiger partial charge in [-0.2, -0.15) is 0 Å². The van der Waals surface area contributed by atoms with E-state index in [1.54, 1.807) is 0 Å². The standard InChI is InChI=1S/BO3.K.Na.Zn/c2-1(3)4;;;/q-3;2*+1;+2. The zero-order chi connectivity index (χ0) is 3.58. The van der Waals surface area contributed by atoms with E-state index in [9.17, 15) is 0 Å². The Hall–Kier alpha value is 3.20. The maximum absolute atomic E-state index is 8.42. The molecule has 0 aromatic rings.